The van der Waals surface area contributed by atoms with Gasteiger partial charge in [0, 0.05) is 55.1 Å². The zero-order valence-electron chi connectivity index (χ0n) is 33.6. The maximum Gasteiger partial charge on any atom is 0.318 e. The number of amides is 1. The molecule has 0 radical (unpaired) electrons. The minimum Gasteiger partial charge on any atom is -0.465 e. The van der Waals surface area contributed by atoms with Crippen LogP contribution in [0.4, 0.5) is 37.3 Å². The van der Waals surface area contributed by atoms with Crippen molar-refractivity contribution in [1.29, 1.82) is 0 Å². The molecule has 1 amide bonds. The summed E-state index contributed by atoms with van der Waals surface area (Å²) in [5, 5.41) is 7.15. The Morgan fingerprint density at radius 2 is 1.55 bits per heavy atom. The number of nitrogens with one attached hydrogen (secondary N) is 2. The lowest BCUT2D eigenvalue weighted by molar-refractivity contribution is -0.152. The van der Waals surface area contributed by atoms with E-state index in [9.17, 15) is 18.4 Å². The largest absolute Gasteiger partial charge is 0.465 e. The number of benzene rings is 2. The number of fused-ring (bicyclic) bond motifs is 1. The second kappa shape index (κ2) is 19.6. The number of ether oxygens (including phenoxy) is 3. The van der Waals surface area contributed by atoms with Crippen LogP contribution in [-0.2, 0) is 23.8 Å². The first-order chi connectivity index (χ1) is 28.0. The smallest absolute Gasteiger partial charge is 0.318 e. The van der Waals surface area contributed by atoms with Gasteiger partial charge in [-0.3, -0.25) is 14.6 Å². The zero-order valence-corrected chi connectivity index (χ0v) is 33.6. The molecule has 0 spiro atoms. The van der Waals surface area contributed by atoms with E-state index in [1.165, 1.54) is 30.3 Å². The second-order valence-corrected chi connectivity index (χ2v) is 14.6. The lowest BCUT2D eigenvalue weighted by atomic mass is 9.94. The molecule has 2 aromatic carbocycles. The van der Waals surface area contributed by atoms with Crippen molar-refractivity contribution in [2.24, 2.45) is 11.8 Å². The molecule has 12 nitrogen and oxygen atoms in total. The van der Waals surface area contributed by atoms with E-state index >= 15 is 0 Å². The molecule has 0 aliphatic carbocycles. The Hall–Kier alpha value is -5.73. The number of carbonyl (C=O) groups excluding carboxylic acids is 2. The Morgan fingerprint density at radius 3 is 2.19 bits per heavy atom. The van der Waals surface area contributed by atoms with E-state index in [0.717, 1.165) is 71.4 Å². The molecule has 2 saturated heterocycles. The van der Waals surface area contributed by atoms with Crippen LogP contribution in [0, 0.1) is 23.5 Å². The highest BCUT2D eigenvalue weighted by Gasteiger charge is 2.31. The fraction of sp³-hybridized carbons (Fsp3) is 0.386. The Morgan fingerprint density at radius 1 is 0.845 bits per heavy atom. The molecular weight excluding hydrogens is 745 g/mol. The van der Waals surface area contributed by atoms with Crippen LogP contribution >= 0.6 is 0 Å². The molecule has 1 unspecified atom stereocenters. The average molecular weight is 796 g/mol. The van der Waals surface area contributed by atoms with Crippen molar-refractivity contribution >= 4 is 51.3 Å². The number of hydrogen-bond acceptors (Lipinski definition) is 11. The zero-order chi connectivity index (χ0) is 41.2. The Labute approximate surface area is 337 Å². The van der Waals surface area contributed by atoms with E-state index in [2.05, 4.69) is 45.3 Å². The molecule has 1 atom stereocenters. The summed E-state index contributed by atoms with van der Waals surface area (Å²) < 4.78 is 43.5. The van der Waals surface area contributed by atoms with Crippen molar-refractivity contribution < 1.29 is 32.6 Å². The van der Waals surface area contributed by atoms with Crippen LogP contribution in [0.1, 0.15) is 46.1 Å². The minimum absolute atomic E-state index is 0.119. The average Bonchev–Trinajstić information content (AvgIpc) is 3.21. The maximum atomic E-state index is 14.4. The summed E-state index contributed by atoms with van der Waals surface area (Å²) in [5.74, 6) is -1.93. The third kappa shape index (κ3) is 10.2. The van der Waals surface area contributed by atoms with E-state index < -0.39 is 23.6 Å². The summed E-state index contributed by atoms with van der Waals surface area (Å²) in [7, 11) is 0. The first kappa shape index (κ1) is 41.9. The molecule has 5 aromatic rings. The molecule has 2 aliphatic heterocycles. The molecule has 3 aromatic heterocycles. The summed E-state index contributed by atoms with van der Waals surface area (Å²) in [6.07, 6.45) is 3.71. The van der Waals surface area contributed by atoms with Gasteiger partial charge in [0.05, 0.1) is 73.2 Å². The third-order valence-electron chi connectivity index (χ3n) is 9.85. The Bertz CT molecular complexity index is 2180. The first-order valence-electron chi connectivity index (χ1n) is 19.7. The number of aromatic nitrogens is 3. The lowest BCUT2D eigenvalue weighted by Crippen LogP contribution is -2.38. The van der Waals surface area contributed by atoms with Crippen molar-refractivity contribution in [3.05, 3.63) is 96.3 Å². The minimum atomic E-state index is -0.900. The number of esters is 1. The van der Waals surface area contributed by atoms with Gasteiger partial charge in [-0.25, -0.2) is 18.7 Å². The monoisotopic (exact) mass is 795 g/mol. The summed E-state index contributed by atoms with van der Waals surface area (Å²) in [6, 6.07) is 18.3. The highest BCUT2D eigenvalue weighted by atomic mass is 19.1. The molecule has 7 rings (SSSR count). The van der Waals surface area contributed by atoms with Gasteiger partial charge in [-0.1, -0.05) is 39.8 Å². The van der Waals surface area contributed by atoms with Crippen LogP contribution in [0.3, 0.4) is 0 Å². The van der Waals surface area contributed by atoms with Gasteiger partial charge >= 0.3 is 5.97 Å². The van der Waals surface area contributed by atoms with Crippen LogP contribution in [0.25, 0.3) is 22.3 Å². The molecule has 306 valence electrons. The van der Waals surface area contributed by atoms with E-state index in [0.29, 0.717) is 37.6 Å². The summed E-state index contributed by atoms with van der Waals surface area (Å²) in [6.45, 7) is 15.6. The number of carbonyl (C=O) groups is 2. The SMILES string of the molecule is CC(C)c1c(-c2ccccn2)nc2cc(F)ccc2c1Nc1cc(N2CCOCC2)cnc1N1CCOCC1.CCOC(=O)C(C(=O)Nc1cccc(F)c1)C(C)C. The standard InChI is InChI=1S/C30H33FN6O2.C14H18FNO3/c1-20(2)27-28(23-7-6-21(31)17-25(23)34-29(27)24-5-3-4-8-32-24)35-26-18-22(36-9-13-38-14-10-36)19-33-30(26)37-11-15-39-16-12-37;1-4-19-14(18)12(9(2)3)13(17)16-11-7-5-6-10(15)8-11/h3-8,17-20H,9-16H2,1-2H3,(H,34,35);5-9,12H,4H2,1-3H3,(H,16,17). The quantitative estimate of drug-likeness (QED) is 0.0997. The van der Waals surface area contributed by atoms with Gasteiger partial charge in [0.1, 0.15) is 17.6 Å². The summed E-state index contributed by atoms with van der Waals surface area (Å²) in [4.78, 5) is 42.8. The van der Waals surface area contributed by atoms with Crippen LogP contribution in [0.15, 0.2) is 79.1 Å². The molecule has 58 heavy (non-hydrogen) atoms. The predicted octanol–water partition coefficient (Wildman–Crippen LogP) is 7.97. The van der Waals surface area contributed by atoms with Crippen molar-refractivity contribution in [1.82, 2.24) is 15.0 Å². The fourth-order valence-electron chi connectivity index (χ4n) is 7.04. The number of hydrogen-bond donors (Lipinski definition) is 2. The van der Waals surface area contributed by atoms with Crippen molar-refractivity contribution in [3.8, 4) is 11.4 Å². The topological polar surface area (TPSA) is 131 Å². The number of rotatable bonds is 11. The van der Waals surface area contributed by atoms with Gasteiger partial charge in [0.2, 0.25) is 5.91 Å². The second-order valence-electron chi connectivity index (χ2n) is 14.6. The van der Waals surface area contributed by atoms with Gasteiger partial charge in [-0.2, -0.15) is 0 Å². The molecule has 5 heterocycles. The van der Waals surface area contributed by atoms with Crippen LogP contribution in [-0.4, -0.2) is 86.0 Å². The Kier molecular flexibility index (Phi) is 14.2. The first-order valence-corrected chi connectivity index (χ1v) is 19.7. The van der Waals surface area contributed by atoms with Gasteiger partial charge in [0.25, 0.3) is 0 Å². The van der Waals surface area contributed by atoms with Crippen molar-refractivity contribution in [2.75, 3.05) is 79.6 Å². The maximum absolute atomic E-state index is 14.4. The molecule has 2 N–H and O–H groups in total. The van der Waals surface area contributed by atoms with E-state index in [4.69, 9.17) is 24.2 Å². The summed E-state index contributed by atoms with van der Waals surface area (Å²) in [5.41, 5.74) is 6.25. The van der Waals surface area contributed by atoms with Gasteiger partial charge in [0.15, 0.2) is 5.82 Å². The van der Waals surface area contributed by atoms with Crippen molar-refractivity contribution in [3.63, 3.8) is 0 Å². The molecule has 2 aliphatic rings. The molecular formula is C44H51F2N7O5. The number of morpholine rings is 2. The highest BCUT2D eigenvalue weighted by Crippen LogP contribution is 2.42. The van der Waals surface area contributed by atoms with E-state index in [1.54, 1.807) is 33.0 Å². The highest BCUT2D eigenvalue weighted by molar-refractivity contribution is 6.05. The molecule has 0 bridgehead atoms. The van der Waals surface area contributed by atoms with Crippen LogP contribution < -0.4 is 20.4 Å². The predicted molar refractivity (Wildman–Crippen MR) is 223 cm³/mol. The van der Waals surface area contributed by atoms with Crippen LogP contribution in [0.2, 0.25) is 0 Å². The number of anilines is 5. The van der Waals surface area contributed by atoms with Gasteiger partial charge in [-0.05, 0) is 67.3 Å². The molecule has 14 heteroatoms. The fourth-order valence-corrected chi connectivity index (χ4v) is 7.04. The van der Waals surface area contributed by atoms with Gasteiger partial charge in [-0.15, -0.1) is 0 Å². The molecule has 2 fully saturated rings. The Balaban J connectivity index is 0.000000252. The van der Waals surface area contributed by atoms with Crippen LogP contribution in [0.5, 0.6) is 0 Å². The normalized spacial score (nSPS) is 14.8. The molecule has 0 saturated carbocycles. The lowest BCUT2D eigenvalue weighted by Gasteiger charge is -2.32. The number of halogens is 2. The van der Waals surface area contributed by atoms with Gasteiger partial charge < -0.3 is 34.6 Å². The third-order valence-corrected chi connectivity index (χ3v) is 9.85. The van der Waals surface area contributed by atoms with Crippen molar-refractivity contribution in [2.45, 2.75) is 40.5 Å². The number of pyridine rings is 3. The number of nitrogens with zero attached hydrogens (tertiary/aromatic N) is 5. The van der Waals surface area contributed by atoms with E-state index in [1.807, 2.05) is 30.5 Å². The summed E-state index contributed by atoms with van der Waals surface area (Å²) >= 11 is 0. The van der Waals surface area contributed by atoms with E-state index in [-0.39, 0.29) is 24.3 Å².